The monoisotopic (exact) mass is 349 g/mol. The maximum Gasteiger partial charge on any atom is 0.253 e. The molecule has 138 valence electrons. The third kappa shape index (κ3) is 4.45. The van der Waals surface area contributed by atoms with Gasteiger partial charge in [0.25, 0.3) is 5.91 Å². The van der Waals surface area contributed by atoms with Gasteiger partial charge in [0, 0.05) is 45.5 Å². The van der Waals surface area contributed by atoms with Crippen molar-refractivity contribution in [2.45, 2.75) is 31.9 Å². The van der Waals surface area contributed by atoms with Gasteiger partial charge in [0.2, 0.25) is 5.95 Å². The third-order valence-electron chi connectivity index (χ3n) is 4.71. The van der Waals surface area contributed by atoms with Gasteiger partial charge in [0.15, 0.2) is 5.60 Å². The number of aromatic nitrogens is 2. The van der Waals surface area contributed by atoms with Gasteiger partial charge >= 0.3 is 0 Å². The van der Waals surface area contributed by atoms with Crippen LogP contribution in [-0.2, 0) is 16.1 Å². The molecule has 0 bridgehead atoms. The fraction of sp³-hybridized carbons (Fsp3) is 0.706. The first-order valence-corrected chi connectivity index (χ1v) is 8.93. The highest BCUT2D eigenvalue weighted by molar-refractivity contribution is 5.85. The van der Waals surface area contributed by atoms with E-state index in [9.17, 15) is 4.79 Å². The zero-order valence-electron chi connectivity index (χ0n) is 14.8. The van der Waals surface area contributed by atoms with Gasteiger partial charge in [-0.25, -0.2) is 9.97 Å². The molecule has 8 nitrogen and oxygen atoms in total. The third-order valence-corrected chi connectivity index (χ3v) is 4.71. The van der Waals surface area contributed by atoms with Gasteiger partial charge in [0.1, 0.15) is 0 Å². The van der Waals surface area contributed by atoms with Crippen LogP contribution in [0.25, 0.3) is 0 Å². The molecule has 3 rings (SSSR count). The number of nitrogens with one attached hydrogen (secondary N) is 1. The molecule has 1 aromatic heterocycles. The Morgan fingerprint density at radius 2 is 2.20 bits per heavy atom. The molecule has 3 heterocycles. The molecule has 1 amide bonds. The second-order valence-corrected chi connectivity index (χ2v) is 6.81. The molecule has 0 spiro atoms. The van der Waals surface area contributed by atoms with Gasteiger partial charge < -0.3 is 20.1 Å². The molecule has 2 aliphatic heterocycles. The minimum atomic E-state index is -0.905. The van der Waals surface area contributed by atoms with Crippen LogP contribution in [-0.4, -0.2) is 77.4 Å². The maximum atomic E-state index is 12.3. The SMILES string of the molecule is CC1(C(=O)NCCO)CN(Cc2ccnc(N3CCCC3)n2)CCO1. The molecular weight excluding hydrogens is 322 g/mol. The van der Waals surface area contributed by atoms with E-state index in [1.807, 2.05) is 12.3 Å². The molecule has 0 saturated carbocycles. The number of morpholine rings is 1. The summed E-state index contributed by atoms with van der Waals surface area (Å²) in [6.07, 6.45) is 4.19. The molecule has 0 radical (unpaired) electrons. The number of hydrogen-bond acceptors (Lipinski definition) is 7. The van der Waals surface area contributed by atoms with Crippen molar-refractivity contribution >= 4 is 11.9 Å². The highest BCUT2D eigenvalue weighted by Crippen LogP contribution is 2.20. The molecule has 0 aliphatic carbocycles. The van der Waals surface area contributed by atoms with Crippen LogP contribution < -0.4 is 10.2 Å². The van der Waals surface area contributed by atoms with Crippen molar-refractivity contribution in [2.24, 2.45) is 0 Å². The van der Waals surface area contributed by atoms with E-state index in [1.165, 1.54) is 12.8 Å². The van der Waals surface area contributed by atoms with Crippen molar-refractivity contribution in [1.29, 1.82) is 0 Å². The predicted octanol–water partition coefficient (Wildman–Crippen LogP) is -0.224. The van der Waals surface area contributed by atoms with Gasteiger partial charge in [0.05, 0.1) is 18.9 Å². The lowest BCUT2D eigenvalue weighted by Crippen LogP contribution is -2.58. The normalized spacial score (nSPS) is 24.5. The number of nitrogens with zero attached hydrogens (tertiary/aromatic N) is 4. The molecule has 1 aromatic rings. The number of rotatable bonds is 6. The quantitative estimate of drug-likeness (QED) is 0.733. The summed E-state index contributed by atoms with van der Waals surface area (Å²) in [7, 11) is 0. The number of carbonyl (C=O) groups is 1. The van der Waals surface area contributed by atoms with Crippen molar-refractivity contribution in [3.63, 3.8) is 0 Å². The van der Waals surface area contributed by atoms with Gasteiger partial charge in [-0.05, 0) is 25.8 Å². The van der Waals surface area contributed by atoms with E-state index in [0.29, 0.717) is 19.7 Å². The topological polar surface area (TPSA) is 90.8 Å². The molecule has 25 heavy (non-hydrogen) atoms. The van der Waals surface area contributed by atoms with Gasteiger partial charge in [-0.2, -0.15) is 0 Å². The zero-order chi connectivity index (χ0) is 17.7. The molecule has 1 atom stereocenters. The number of aliphatic hydroxyl groups is 1. The minimum absolute atomic E-state index is 0.0776. The Labute approximate surface area is 148 Å². The van der Waals surface area contributed by atoms with E-state index in [-0.39, 0.29) is 19.1 Å². The molecule has 1 unspecified atom stereocenters. The lowest BCUT2D eigenvalue weighted by molar-refractivity contribution is -0.157. The lowest BCUT2D eigenvalue weighted by Gasteiger charge is -2.39. The number of amides is 1. The van der Waals surface area contributed by atoms with Crippen LogP contribution >= 0.6 is 0 Å². The summed E-state index contributed by atoms with van der Waals surface area (Å²) in [5.74, 6) is 0.610. The van der Waals surface area contributed by atoms with Crippen LogP contribution in [0.3, 0.4) is 0 Å². The van der Waals surface area contributed by atoms with Crippen LogP contribution in [0.1, 0.15) is 25.5 Å². The number of hydrogen-bond donors (Lipinski definition) is 2. The van der Waals surface area contributed by atoms with Crippen LogP contribution in [0.2, 0.25) is 0 Å². The first kappa shape index (κ1) is 18.0. The van der Waals surface area contributed by atoms with Gasteiger partial charge in [-0.1, -0.05) is 0 Å². The summed E-state index contributed by atoms with van der Waals surface area (Å²) < 4.78 is 5.72. The van der Waals surface area contributed by atoms with Gasteiger partial charge in [-0.3, -0.25) is 9.69 Å². The fourth-order valence-electron chi connectivity index (χ4n) is 3.35. The standard InChI is InChI=1S/C17H27N5O3/c1-17(15(24)18-6-10-23)13-21(9-11-25-17)12-14-4-5-19-16(20-14)22-7-2-3-8-22/h4-5,23H,2-3,6-13H2,1H3,(H,18,24). The number of carbonyl (C=O) groups excluding carboxylic acids is 1. The number of anilines is 1. The van der Waals surface area contributed by atoms with Crippen molar-refractivity contribution in [2.75, 3.05) is 50.8 Å². The Morgan fingerprint density at radius 1 is 1.40 bits per heavy atom. The number of aliphatic hydroxyl groups excluding tert-OH is 1. The van der Waals surface area contributed by atoms with Crippen LogP contribution in [0, 0.1) is 0 Å². The highest BCUT2D eigenvalue weighted by Gasteiger charge is 2.39. The Morgan fingerprint density at radius 3 is 2.96 bits per heavy atom. The Kier molecular flexibility index (Phi) is 5.82. The van der Waals surface area contributed by atoms with Crippen molar-refractivity contribution < 1.29 is 14.6 Å². The summed E-state index contributed by atoms with van der Waals surface area (Å²) in [6.45, 7) is 6.40. The molecule has 2 aliphatic rings. The van der Waals surface area contributed by atoms with E-state index in [4.69, 9.17) is 9.84 Å². The molecule has 8 heteroatoms. The summed E-state index contributed by atoms with van der Waals surface area (Å²) in [6, 6.07) is 1.93. The van der Waals surface area contributed by atoms with E-state index in [1.54, 1.807) is 6.92 Å². The van der Waals surface area contributed by atoms with Crippen LogP contribution in [0.5, 0.6) is 0 Å². The predicted molar refractivity (Wildman–Crippen MR) is 93.2 cm³/mol. The Bertz CT molecular complexity index is 593. The first-order chi connectivity index (χ1) is 12.1. The van der Waals surface area contributed by atoms with E-state index in [0.717, 1.165) is 31.3 Å². The summed E-state index contributed by atoms with van der Waals surface area (Å²) in [5, 5.41) is 11.6. The molecule has 2 fully saturated rings. The van der Waals surface area contributed by atoms with Crippen LogP contribution in [0.15, 0.2) is 12.3 Å². The van der Waals surface area contributed by atoms with Crippen molar-refractivity contribution in [3.05, 3.63) is 18.0 Å². The smallest absolute Gasteiger partial charge is 0.253 e. The van der Waals surface area contributed by atoms with Crippen LogP contribution in [0.4, 0.5) is 5.95 Å². The highest BCUT2D eigenvalue weighted by atomic mass is 16.5. The lowest BCUT2D eigenvalue weighted by atomic mass is 10.0. The average molecular weight is 349 g/mol. The largest absolute Gasteiger partial charge is 0.395 e. The fourth-order valence-corrected chi connectivity index (χ4v) is 3.35. The van der Waals surface area contributed by atoms with E-state index < -0.39 is 5.60 Å². The molecule has 0 aromatic carbocycles. The average Bonchev–Trinajstić information content (AvgIpc) is 3.14. The Hall–Kier alpha value is -1.77. The minimum Gasteiger partial charge on any atom is -0.395 e. The molecule has 2 saturated heterocycles. The summed E-state index contributed by atoms with van der Waals surface area (Å²) >= 11 is 0. The molecular formula is C17H27N5O3. The number of ether oxygens (including phenoxy) is 1. The zero-order valence-corrected chi connectivity index (χ0v) is 14.8. The van der Waals surface area contributed by atoms with Crippen molar-refractivity contribution in [3.8, 4) is 0 Å². The second-order valence-electron chi connectivity index (χ2n) is 6.81. The van der Waals surface area contributed by atoms with E-state index in [2.05, 4.69) is 25.1 Å². The second kappa shape index (κ2) is 8.07. The summed E-state index contributed by atoms with van der Waals surface area (Å²) in [5.41, 5.74) is 0.0509. The Balaban J connectivity index is 1.62. The van der Waals surface area contributed by atoms with E-state index >= 15 is 0 Å². The molecule has 2 N–H and O–H groups in total. The first-order valence-electron chi connectivity index (χ1n) is 8.93. The summed E-state index contributed by atoms with van der Waals surface area (Å²) in [4.78, 5) is 25.8. The maximum absolute atomic E-state index is 12.3. The van der Waals surface area contributed by atoms with Crippen molar-refractivity contribution in [1.82, 2.24) is 20.2 Å². The van der Waals surface area contributed by atoms with Gasteiger partial charge in [-0.15, -0.1) is 0 Å².